The Morgan fingerprint density at radius 1 is 1.04 bits per heavy atom. The van der Waals surface area contributed by atoms with Gasteiger partial charge in [0.05, 0.1) is 0 Å². The number of hydrogen-bond donors (Lipinski definition) is 2. The predicted octanol–water partition coefficient (Wildman–Crippen LogP) is 0.913. The van der Waals surface area contributed by atoms with Crippen molar-refractivity contribution in [2.75, 3.05) is 29.9 Å². The van der Waals surface area contributed by atoms with E-state index >= 15 is 0 Å². The van der Waals surface area contributed by atoms with E-state index in [1.54, 1.807) is 6.07 Å². The van der Waals surface area contributed by atoms with Crippen LogP contribution >= 0.6 is 0 Å². The number of nitrogens with one attached hydrogen (secondary N) is 2. The molecule has 3 amide bonds. The molecule has 2 heterocycles. The lowest BCUT2D eigenvalue weighted by molar-refractivity contribution is -0.163. The Morgan fingerprint density at radius 2 is 1.79 bits per heavy atom. The molecule has 2 N–H and O–H groups in total. The van der Waals surface area contributed by atoms with Crippen molar-refractivity contribution in [2.24, 2.45) is 0 Å². The number of hydrogen-bond acceptors (Lipinski definition) is 5. The van der Waals surface area contributed by atoms with Gasteiger partial charge in [0.15, 0.2) is 6.29 Å². The third-order valence-electron chi connectivity index (χ3n) is 4.82. The molecule has 28 heavy (non-hydrogen) atoms. The van der Waals surface area contributed by atoms with Crippen LogP contribution < -0.4 is 15.6 Å². The van der Waals surface area contributed by atoms with E-state index in [0.717, 1.165) is 16.3 Å². The second-order valence-corrected chi connectivity index (χ2v) is 6.84. The van der Waals surface area contributed by atoms with Crippen LogP contribution in [0, 0.1) is 6.92 Å². The van der Waals surface area contributed by atoms with Gasteiger partial charge in [0.2, 0.25) is 5.91 Å². The number of nitrogens with zero attached hydrogens (tertiary/aromatic N) is 3. The summed E-state index contributed by atoms with van der Waals surface area (Å²) >= 11 is 0. The fourth-order valence-corrected chi connectivity index (χ4v) is 3.49. The van der Waals surface area contributed by atoms with Crippen LogP contribution in [0.2, 0.25) is 0 Å². The van der Waals surface area contributed by atoms with Crippen molar-refractivity contribution >= 4 is 29.1 Å². The lowest BCUT2D eigenvalue weighted by Crippen LogP contribution is -2.68. The third kappa shape index (κ3) is 3.41. The van der Waals surface area contributed by atoms with Crippen molar-refractivity contribution in [1.82, 2.24) is 15.3 Å². The number of fused-ring (bicyclic) bond motifs is 1. The zero-order valence-corrected chi connectivity index (χ0v) is 15.5. The molecule has 2 aliphatic rings. The van der Waals surface area contributed by atoms with Crippen LogP contribution in [0.15, 0.2) is 54.6 Å². The standard InChI is InChI=1S/C20H21N5O3/c1-14-6-5-7-15(12-14)21-17(26)13-25-19(28)18(27)24-11-10-23(20(24)22-25)16-8-3-2-4-9-16/h2-9,12,20,22H,10-11,13H2,1H3,(H,21,26). The maximum atomic E-state index is 12.5. The van der Waals surface area contributed by atoms with Crippen LogP contribution in [0.1, 0.15) is 5.56 Å². The zero-order valence-electron chi connectivity index (χ0n) is 15.5. The van der Waals surface area contributed by atoms with Crippen molar-refractivity contribution in [1.29, 1.82) is 0 Å². The highest BCUT2D eigenvalue weighted by molar-refractivity contribution is 6.35. The summed E-state index contributed by atoms with van der Waals surface area (Å²) in [7, 11) is 0. The Kier molecular flexibility index (Phi) is 4.70. The molecule has 2 aliphatic heterocycles. The van der Waals surface area contributed by atoms with Gasteiger partial charge in [0, 0.05) is 24.5 Å². The van der Waals surface area contributed by atoms with Crippen LogP contribution in [0.25, 0.3) is 0 Å². The molecule has 0 aliphatic carbocycles. The van der Waals surface area contributed by atoms with E-state index in [9.17, 15) is 14.4 Å². The molecular weight excluding hydrogens is 358 g/mol. The average Bonchev–Trinajstić information content (AvgIpc) is 3.10. The van der Waals surface area contributed by atoms with Crippen LogP contribution in [0.5, 0.6) is 0 Å². The first-order chi connectivity index (χ1) is 13.5. The van der Waals surface area contributed by atoms with Gasteiger partial charge in [-0.3, -0.25) is 24.3 Å². The number of hydrazine groups is 1. The van der Waals surface area contributed by atoms with Gasteiger partial charge < -0.3 is 10.2 Å². The fraction of sp³-hybridized carbons (Fsp3) is 0.250. The average molecular weight is 379 g/mol. The Morgan fingerprint density at radius 3 is 2.54 bits per heavy atom. The number of rotatable bonds is 4. The van der Waals surface area contributed by atoms with Crippen LogP contribution in [-0.2, 0) is 14.4 Å². The molecule has 2 saturated heterocycles. The van der Waals surface area contributed by atoms with Gasteiger partial charge in [-0.1, -0.05) is 30.3 Å². The topological polar surface area (TPSA) is 85.0 Å². The molecule has 1 atom stereocenters. The molecule has 8 nitrogen and oxygen atoms in total. The molecule has 0 spiro atoms. The molecule has 1 unspecified atom stereocenters. The number of anilines is 2. The van der Waals surface area contributed by atoms with E-state index in [2.05, 4.69) is 10.7 Å². The highest BCUT2D eigenvalue weighted by Gasteiger charge is 2.45. The van der Waals surface area contributed by atoms with Crippen molar-refractivity contribution in [3.05, 3.63) is 60.2 Å². The monoisotopic (exact) mass is 379 g/mol. The Bertz CT molecular complexity index is 917. The van der Waals surface area contributed by atoms with Crippen LogP contribution in [-0.4, -0.2) is 53.6 Å². The molecule has 4 rings (SSSR count). The Labute approximate surface area is 162 Å². The van der Waals surface area contributed by atoms with E-state index in [1.165, 1.54) is 4.90 Å². The van der Waals surface area contributed by atoms with Gasteiger partial charge in [-0.05, 0) is 36.8 Å². The number of benzene rings is 2. The van der Waals surface area contributed by atoms with Crippen molar-refractivity contribution in [3.63, 3.8) is 0 Å². The number of aryl methyl sites for hydroxylation is 1. The number of amides is 3. The first-order valence-corrected chi connectivity index (χ1v) is 9.10. The zero-order chi connectivity index (χ0) is 19.7. The van der Waals surface area contributed by atoms with Crippen LogP contribution in [0.4, 0.5) is 11.4 Å². The first-order valence-electron chi connectivity index (χ1n) is 9.10. The lowest BCUT2D eigenvalue weighted by atomic mass is 10.2. The summed E-state index contributed by atoms with van der Waals surface area (Å²) in [5.41, 5.74) is 5.63. The van der Waals surface area contributed by atoms with E-state index in [4.69, 9.17) is 0 Å². The summed E-state index contributed by atoms with van der Waals surface area (Å²) in [6, 6.07) is 17.0. The SMILES string of the molecule is Cc1cccc(NC(=O)CN2NC3N(CCN3c3ccccc3)C(=O)C2=O)c1. The van der Waals surface area contributed by atoms with Crippen LogP contribution in [0.3, 0.4) is 0 Å². The Hall–Kier alpha value is -3.39. The van der Waals surface area contributed by atoms with E-state index in [0.29, 0.717) is 18.8 Å². The minimum absolute atomic E-state index is 0.258. The first kappa shape index (κ1) is 18.0. The van der Waals surface area contributed by atoms with Crippen molar-refractivity contribution < 1.29 is 14.4 Å². The van der Waals surface area contributed by atoms with Gasteiger partial charge in [-0.2, -0.15) is 5.43 Å². The highest BCUT2D eigenvalue weighted by Crippen LogP contribution is 2.24. The summed E-state index contributed by atoms with van der Waals surface area (Å²) < 4.78 is 0. The molecule has 2 fully saturated rings. The normalized spacial score (nSPS) is 19.0. The van der Waals surface area contributed by atoms with Crippen molar-refractivity contribution in [2.45, 2.75) is 13.2 Å². The number of para-hydroxylation sites is 1. The summed E-state index contributed by atoms with van der Waals surface area (Å²) in [6.45, 7) is 2.72. The molecule has 0 bridgehead atoms. The largest absolute Gasteiger partial charge is 0.336 e. The van der Waals surface area contributed by atoms with Gasteiger partial charge in [0.25, 0.3) is 0 Å². The maximum Gasteiger partial charge on any atom is 0.326 e. The summed E-state index contributed by atoms with van der Waals surface area (Å²) in [4.78, 5) is 40.8. The summed E-state index contributed by atoms with van der Waals surface area (Å²) in [5, 5.41) is 3.85. The van der Waals surface area contributed by atoms with Gasteiger partial charge in [-0.25, -0.2) is 0 Å². The molecule has 144 valence electrons. The second-order valence-electron chi connectivity index (χ2n) is 6.84. The smallest absolute Gasteiger partial charge is 0.326 e. The van der Waals surface area contributed by atoms with Gasteiger partial charge in [0.1, 0.15) is 6.54 Å². The minimum Gasteiger partial charge on any atom is -0.336 e. The molecule has 2 aromatic rings. The predicted molar refractivity (Wildman–Crippen MR) is 104 cm³/mol. The molecule has 8 heteroatoms. The third-order valence-corrected chi connectivity index (χ3v) is 4.82. The lowest BCUT2D eigenvalue weighted by Gasteiger charge is -2.40. The van der Waals surface area contributed by atoms with E-state index < -0.39 is 18.1 Å². The fourth-order valence-electron chi connectivity index (χ4n) is 3.49. The Balaban J connectivity index is 1.48. The minimum atomic E-state index is -0.731. The molecule has 0 radical (unpaired) electrons. The van der Waals surface area contributed by atoms with Gasteiger partial charge >= 0.3 is 11.8 Å². The summed E-state index contributed by atoms with van der Waals surface area (Å²) in [5.74, 6) is -1.71. The maximum absolute atomic E-state index is 12.5. The molecule has 2 aromatic carbocycles. The second kappa shape index (κ2) is 7.32. The van der Waals surface area contributed by atoms with E-state index in [1.807, 2.05) is 60.4 Å². The van der Waals surface area contributed by atoms with Crippen molar-refractivity contribution in [3.8, 4) is 0 Å². The molecular formula is C20H21N5O3. The van der Waals surface area contributed by atoms with E-state index in [-0.39, 0.29) is 12.5 Å². The van der Waals surface area contributed by atoms with Gasteiger partial charge in [-0.15, -0.1) is 0 Å². The highest BCUT2D eigenvalue weighted by atomic mass is 16.2. The molecule has 0 aromatic heterocycles. The number of carbonyl (C=O) groups excluding carboxylic acids is 3. The number of carbonyl (C=O) groups is 3. The quantitative estimate of drug-likeness (QED) is 0.772. The summed E-state index contributed by atoms with van der Waals surface area (Å²) in [6.07, 6.45) is -0.501. The molecule has 0 saturated carbocycles.